The number of H-pyrrole nitrogens is 1. The van der Waals surface area contributed by atoms with Gasteiger partial charge in [0.15, 0.2) is 0 Å². The standard InChI is InChI=1S/C8H10N2O/c1-3-4-7-9-6(2)5-8(11)10-7/h3,5H,1,4H2,2H3,(H,9,10,11). The molecule has 0 aliphatic heterocycles. The topological polar surface area (TPSA) is 45.8 Å². The molecule has 0 aliphatic rings. The Kier molecular flexibility index (Phi) is 2.21. The maximum atomic E-state index is 10.9. The van der Waals surface area contributed by atoms with Crippen molar-refractivity contribution in [3.8, 4) is 0 Å². The average Bonchev–Trinajstić information content (AvgIpc) is 1.85. The highest BCUT2D eigenvalue weighted by Crippen LogP contribution is 1.90. The first-order valence-electron chi connectivity index (χ1n) is 3.40. The van der Waals surface area contributed by atoms with Gasteiger partial charge in [-0.2, -0.15) is 0 Å². The van der Waals surface area contributed by atoms with E-state index < -0.39 is 0 Å². The van der Waals surface area contributed by atoms with Crippen LogP contribution in [-0.4, -0.2) is 9.97 Å². The van der Waals surface area contributed by atoms with E-state index in [1.54, 1.807) is 13.0 Å². The summed E-state index contributed by atoms with van der Waals surface area (Å²) < 4.78 is 0. The highest BCUT2D eigenvalue weighted by Gasteiger charge is 1.93. The molecule has 0 unspecified atom stereocenters. The van der Waals surface area contributed by atoms with Crippen LogP contribution in [0.3, 0.4) is 0 Å². The Balaban J connectivity index is 3.08. The first kappa shape index (κ1) is 7.72. The minimum Gasteiger partial charge on any atom is -0.310 e. The lowest BCUT2D eigenvalue weighted by atomic mass is 10.3. The molecule has 0 radical (unpaired) electrons. The molecule has 0 bridgehead atoms. The molecule has 0 spiro atoms. The van der Waals surface area contributed by atoms with Crippen LogP contribution in [0.1, 0.15) is 11.5 Å². The maximum Gasteiger partial charge on any atom is 0.251 e. The minimum absolute atomic E-state index is 0.102. The predicted molar refractivity (Wildman–Crippen MR) is 43.5 cm³/mol. The molecule has 0 saturated heterocycles. The van der Waals surface area contributed by atoms with Crippen LogP contribution in [0.4, 0.5) is 0 Å². The quantitative estimate of drug-likeness (QED) is 0.634. The van der Waals surface area contributed by atoms with Gasteiger partial charge in [-0.1, -0.05) is 6.08 Å². The molecule has 3 nitrogen and oxygen atoms in total. The molecule has 0 amide bonds. The second-order valence-electron chi connectivity index (χ2n) is 2.33. The van der Waals surface area contributed by atoms with E-state index in [0.29, 0.717) is 12.2 Å². The van der Waals surface area contributed by atoms with Gasteiger partial charge in [0.25, 0.3) is 5.56 Å². The molecular weight excluding hydrogens is 140 g/mol. The third kappa shape index (κ3) is 2.04. The van der Waals surface area contributed by atoms with Gasteiger partial charge in [0.1, 0.15) is 5.82 Å². The molecule has 1 heterocycles. The zero-order valence-corrected chi connectivity index (χ0v) is 6.42. The minimum atomic E-state index is -0.102. The first-order chi connectivity index (χ1) is 5.22. The highest BCUT2D eigenvalue weighted by molar-refractivity contribution is 5.02. The fourth-order valence-electron chi connectivity index (χ4n) is 0.875. The van der Waals surface area contributed by atoms with Crippen LogP contribution in [0.5, 0.6) is 0 Å². The number of nitrogens with one attached hydrogen (secondary N) is 1. The van der Waals surface area contributed by atoms with E-state index >= 15 is 0 Å². The van der Waals surface area contributed by atoms with Crippen LogP contribution in [0.15, 0.2) is 23.5 Å². The van der Waals surface area contributed by atoms with Gasteiger partial charge in [0, 0.05) is 18.2 Å². The third-order valence-corrected chi connectivity index (χ3v) is 1.26. The van der Waals surface area contributed by atoms with E-state index in [2.05, 4.69) is 16.5 Å². The Bertz CT molecular complexity index is 314. The molecule has 0 atom stereocenters. The highest BCUT2D eigenvalue weighted by atomic mass is 16.1. The molecule has 0 fully saturated rings. The molecule has 0 saturated carbocycles. The van der Waals surface area contributed by atoms with Crippen LogP contribution in [0.2, 0.25) is 0 Å². The Hall–Kier alpha value is -1.38. The average molecular weight is 150 g/mol. The predicted octanol–water partition coefficient (Wildman–Crippen LogP) is 0.807. The van der Waals surface area contributed by atoms with E-state index in [4.69, 9.17) is 0 Å². The number of aryl methyl sites for hydroxylation is 1. The molecule has 1 aromatic rings. The van der Waals surface area contributed by atoms with Gasteiger partial charge in [-0.05, 0) is 6.92 Å². The van der Waals surface area contributed by atoms with E-state index in [1.807, 2.05) is 0 Å². The summed E-state index contributed by atoms with van der Waals surface area (Å²) >= 11 is 0. The summed E-state index contributed by atoms with van der Waals surface area (Å²) in [5.74, 6) is 0.671. The van der Waals surface area contributed by atoms with Gasteiger partial charge in [-0.25, -0.2) is 4.98 Å². The van der Waals surface area contributed by atoms with Gasteiger partial charge in [-0.3, -0.25) is 4.79 Å². The fourth-order valence-corrected chi connectivity index (χ4v) is 0.875. The molecule has 11 heavy (non-hydrogen) atoms. The van der Waals surface area contributed by atoms with E-state index in [1.165, 1.54) is 6.07 Å². The Morgan fingerprint density at radius 3 is 3.09 bits per heavy atom. The summed E-state index contributed by atoms with van der Waals surface area (Å²) in [5, 5.41) is 0. The molecular formula is C8H10N2O. The van der Waals surface area contributed by atoms with Crippen LogP contribution in [0, 0.1) is 6.92 Å². The number of rotatable bonds is 2. The van der Waals surface area contributed by atoms with Crippen molar-refractivity contribution in [3.05, 3.63) is 40.6 Å². The van der Waals surface area contributed by atoms with Gasteiger partial charge in [-0.15, -0.1) is 6.58 Å². The summed E-state index contributed by atoms with van der Waals surface area (Å²) in [6, 6.07) is 1.46. The van der Waals surface area contributed by atoms with Crippen LogP contribution in [-0.2, 0) is 6.42 Å². The van der Waals surface area contributed by atoms with E-state index in [9.17, 15) is 4.79 Å². The Labute approximate surface area is 64.8 Å². The van der Waals surface area contributed by atoms with Crippen molar-refractivity contribution < 1.29 is 0 Å². The van der Waals surface area contributed by atoms with Crippen molar-refractivity contribution in [2.24, 2.45) is 0 Å². The fraction of sp³-hybridized carbons (Fsp3) is 0.250. The number of aromatic nitrogens is 2. The van der Waals surface area contributed by atoms with Gasteiger partial charge < -0.3 is 4.98 Å². The number of aromatic amines is 1. The number of hydrogen-bond acceptors (Lipinski definition) is 2. The van der Waals surface area contributed by atoms with Crippen molar-refractivity contribution in [2.75, 3.05) is 0 Å². The lowest BCUT2D eigenvalue weighted by molar-refractivity contribution is 0.937. The Morgan fingerprint density at radius 1 is 1.82 bits per heavy atom. The molecule has 58 valence electrons. The zero-order chi connectivity index (χ0) is 8.27. The second kappa shape index (κ2) is 3.14. The summed E-state index contributed by atoms with van der Waals surface area (Å²) in [7, 11) is 0. The SMILES string of the molecule is C=CCc1nc(C)cc(=O)[nH]1. The largest absolute Gasteiger partial charge is 0.310 e. The molecule has 1 N–H and O–H groups in total. The van der Waals surface area contributed by atoms with Gasteiger partial charge >= 0.3 is 0 Å². The van der Waals surface area contributed by atoms with Crippen molar-refractivity contribution in [3.63, 3.8) is 0 Å². The van der Waals surface area contributed by atoms with Gasteiger partial charge in [0.2, 0.25) is 0 Å². The second-order valence-corrected chi connectivity index (χ2v) is 2.33. The molecule has 3 heteroatoms. The normalized spacial score (nSPS) is 9.55. The lowest BCUT2D eigenvalue weighted by Gasteiger charge is -1.95. The van der Waals surface area contributed by atoms with Crippen molar-refractivity contribution >= 4 is 0 Å². The first-order valence-corrected chi connectivity index (χ1v) is 3.40. The molecule has 0 aliphatic carbocycles. The summed E-state index contributed by atoms with van der Waals surface area (Å²) in [5.41, 5.74) is 0.639. The monoisotopic (exact) mass is 150 g/mol. The van der Waals surface area contributed by atoms with E-state index in [0.717, 1.165) is 5.69 Å². The van der Waals surface area contributed by atoms with Crippen molar-refractivity contribution in [1.29, 1.82) is 0 Å². The van der Waals surface area contributed by atoms with Crippen molar-refractivity contribution in [2.45, 2.75) is 13.3 Å². The zero-order valence-electron chi connectivity index (χ0n) is 6.42. The smallest absolute Gasteiger partial charge is 0.251 e. The Morgan fingerprint density at radius 2 is 2.55 bits per heavy atom. The summed E-state index contributed by atoms with van der Waals surface area (Å²) in [4.78, 5) is 17.6. The molecule has 1 aromatic heterocycles. The summed E-state index contributed by atoms with van der Waals surface area (Å²) in [6.07, 6.45) is 2.31. The van der Waals surface area contributed by atoms with Gasteiger partial charge in [0.05, 0.1) is 0 Å². The van der Waals surface area contributed by atoms with Crippen LogP contribution >= 0.6 is 0 Å². The maximum absolute atomic E-state index is 10.9. The van der Waals surface area contributed by atoms with Crippen molar-refractivity contribution in [1.82, 2.24) is 9.97 Å². The van der Waals surface area contributed by atoms with Crippen LogP contribution < -0.4 is 5.56 Å². The number of hydrogen-bond donors (Lipinski definition) is 1. The van der Waals surface area contributed by atoms with E-state index in [-0.39, 0.29) is 5.56 Å². The molecule has 1 rings (SSSR count). The third-order valence-electron chi connectivity index (χ3n) is 1.26. The number of nitrogens with zero attached hydrogens (tertiary/aromatic N) is 1. The number of allylic oxidation sites excluding steroid dienone is 1. The lowest BCUT2D eigenvalue weighted by Crippen LogP contribution is -2.10. The van der Waals surface area contributed by atoms with Crippen LogP contribution in [0.25, 0.3) is 0 Å². The molecule has 0 aromatic carbocycles. The summed E-state index contributed by atoms with van der Waals surface area (Å²) in [6.45, 7) is 5.35.